The third-order valence-corrected chi connectivity index (χ3v) is 6.54. The summed E-state index contributed by atoms with van der Waals surface area (Å²) in [7, 11) is -3.35. The van der Waals surface area contributed by atoms with Crippen LogP contribution in [-0.2, 0) is 20.6 Å². The third kappa shape index (κ3) is 5.79. The van der Waals surface area contributed by atoms with Crippen LogP contribution in [0.1, 0.15) is 31.2 Å². The topological polar surface area (TPSA) is 69.7 Å². The first-order valence-electron chi connectivity index (χ1n) is 9.53. The summed E-state index contributed by atoms with van der Waals surface area (Å²) in [5.41, 5.74) is 0.783. The van der Waals surface area contributed by atoms with Crippen molar-refractivity contribution in [2.75, 3.05) is 39.3 Å². The zero-order valence-electron chi connectivity index (χ0n) is 15.3. The quantitative estimate of drug-likeness (QED) is 0.778. The molecule has 0 saturated carbocycles. The molecule has 0 aliphatic carbocycles. The van der Waals surface area contributed by atoms with Gasteiger partial charge in [-0.1, -0.05) is 30.3 Å². The van der Waals surface area contributed by atoms with E-state index in [9.17, 15) is 13.2 Å². The van der Waals surface area contributed by atoms with E-state index in [4.69, 9.17) is 0 Å². The molecule has 1 aromatic carbocycles. The fraction of sp³-hybridized carbons (Fsp3) is 0.632. The number of hydrogen-bond donors (Lipinski definition) is 1. The SMILES string of the molecule is O=C(CN1CCCC1)N1CCC[C@@H](CNS(=O)(=O)Cc2ccccc2)C1. The Morgan fingerprint density at radius 2 is 1.81 bits per heavy atom. The highest BCUT2D eigenvalue weighted by Gasteiger charge is 2.26. The van der Waals surface area contributed by atoms with E-state index >= 15 is 0 Å². The zero-order chi connectivity index (χ0) is 18.4. The number of carbonyl (C=O) groups is 1. The Kier molecular flexibility index (Phi) is 6.67. The summed E-state index contributed by atoms with van der Waals surface area (Å²) in [6.07, 6.45) is 4.26. The molecule has 0 bridgehead atoms. The minimum Gasteiger partial charge on any atom is -0.341 e. The summed E-state index contributed by atoms with van der Waals surface area (Å²) in [5.74, 6) is 0.374. The Labute approximate surface area is 156 Å². The number of amides is 1. The lowest BCUT2D eigenvalue weighted by molar-refractivity contribution is -0.133. The van der Waals surface area contributed by atoms with Crippen LogP contribution in [0.2, 0.25) is 0 Å². The van der Waals surface area contributed by atoms with Crippen molar-refractivity contribution in [3.05, 3.63) is 35.9 Å². The number of benzene rings is 1. The lowest BCUT2D eigenvalue weighted by Crippen LogP contribution is -2.47. The minimum atomic E-state index is -3.35. The molecule has 2 heterocycles. The smallest absolute Gasteiger partial charge is 0.236 e. The Morgan fingerprint density at radius 1 is 1.08 bits per heavy atom. The molecule has 1 amide bonds. The first kappa shape index (κ1) is 19.3. The van der Waals surface area contributed by atoms with E-state index < -0.39 is 10.0 Å². The van der Waals surface area contributed by atoms with Gasteiger partial charge in [-0.2, -0.15) is 0 Å². The number of carbonyl (C=O) groups excluding carboxylic acids is 1. The summed E-state index contributed by atoms with van der Waals surface area (Å²) < 4.78 is 27.3. The van der Waals surface area contributed by atoms with Crippen LogP contribution in [0, 0.1) is 5.92 Å². The predicted octanol–water partition coefficient (Wildman–Crippen LogP) is 1.44. The van der Waals surface area contributed by atoms with Gasteiger partial charge in [0.15, 0.2) is 0 Å². The molecule has 7 heteroatoms. The summed E-state index contributed by atoms with van der Waals surface area (Å²) >= 11 is 0. The van der Waals surface area contributed by atoms with Crippen molar-refractivity contribution in [1.29, 1.82) is 0 Å². The van der Waals surface area contributed by atoms with Gasteiger partial charge in [0.05, 0.1) is 12.3 Å². The molecule has 2 fully saturated rings. The van der Waals surface area contributed by atoms with Crippen LogP contribution in [-0.4, -0.2) is 63.4 Å². The van der Waals surface area contributed by atoms with Crippen LogP contribution in [0.15, 0.2) is 30.3 Å². The number of hydrogen-bond acceptors (Lipinski definition) is 4. The molecule has 3 rings (SSSR count). The third-order valence-electron chi connectivity index (χ3n) is 5.22. The van der Waals surface area contributed by atoms with Gasteiger partial charge in [0, 0.05) is 19.6 Å². The molecule has 1 atom stereocenters. The Hall–Kier alpha value is -1.44. The fourth-order valence-electron chi connectivity index (χ4n) is 3.78. The Bertz CT molecular complexity index is 687. The van der Waals surface area contributed by atoms with Gasteiger partial charge >= 0.3 is 0 Å². The number of rotatable bonds is 7. The lowest BCUT2D eigenvalue weighted by Gasteiger charge is -2.33. The zero-order valence-corrected chi connectivity index (χ0v) is 16.1. The highest BCUT2D eigenvalue weighted by molar-refractivity contribution is 7.88. The summed E-state index contributed by atoms with van der Waals surface area (Å²) in [6.45, 7) is 4.39. The van der Waals surface area contributed by atoms with Crippen LogP contribution in [0.3, 0.4) is 0 Å². The maximum atomic E-state index is 12.5. The van der Waals surface area contributed by atoms with Crippen molar-refractivity contribution < 1.29 is 13.2 Å². The molecule has 6 nitrogen and oxygen atoms in total. The minimum absolute atomic E-state index is 0.00182. The molecule has 26 heavy (non-hydrogen) atoms. The van der Waals surface area contributed by atoms with Crippen molar-refractivity contribution >= 4 is 15.9 Å². The van der Waals surface area contributed by atoms with Gasteiger partial charge < -0.3 is 4.90 Å². The molecule has 0 aromatic heterocycles. The first-order chi connectivity index (χ1) is 12.5. The van der Waals surface area contributed by atoms with Crippen LogP contribution < -0.4 is 4.72 Å². The van der Waals surface area contributed by atoms with Crippen molar-refractivity contribution in [2.24, 2.45) is 5.92 Å². The van der Waals surface area contributed by atoms with E-state index in [1.165, 1.54) is 12.8 Å². The van der Waals surface area contributed by atoms with Gasteiger partial charge in [0.25, 0.3) is 0 Å². The fourth-order valence-corrected chi connectivity index (χ4v) is 5.00. The van der Waals surface area contributed by atoms with Crippen molar-refractivity contribution in [3.8, 4) is 0 Å². The second kappa shape index (κ2) is 8.97. The average Bonchev–Trinajstić information content (AvgIpc) is 3.14. The highest BCUT2D eigenvalue weighted by Crippen LogP contribution is 2.17. The van der Waals surface area contributed by atoms with Gasteiger partial charge in [-0.05, 0) is 50.3 Å². The number of sulfonamides is 1. The van der Waals surface area contributed by atoms with Crippen molar-refractivity contribution in [3.63, 3.8) is 0 Å². The summed E-state index contributed by atoms with van der Waals surface area (Å²) in [6, 6.07) is 9.20. The van der Waals surface area contributed by atoms with Crippen molar-refractivity contribution in [1.82, 2.24) is 14.5 Å². The second-order valence-corrected chi connectivity index (χ2v) is 9.23. The van der Waals surface area contributed by atoms with Gasteiger partial charge in [0.2, 0.25) is 15.9 Å². The normalized spacial score (nSPS) is 21.8. The highest BCUT2D eigenvalue weighted by atomic mass is 32.2. The molecular formula is C19H29N3O3S. The molecule has 2 aliphatic rings. The van der Waals surface area contributed by atoms with Crippen LogP contribution in [0.25, 0.3) is 0 Å². The van der Waals surface area contributed by atoms with Crippen LogP contribution >= 0.6 is 0 Å². The van der Waals surface area contributed by atoms with Crippen molar-refractivity contribution in [2.45, 2.75) is 31.4 Å². The van der Waals surface area contributed by atoms with Gasteiger partial charge in [-0.3, -0.25) is 9.69 Å². The summed E-state index contributed by atoms with van der Waals surface area (Å²) in [5, 5.41) is 0. The molecule has 2 aliphatic heterocycles. The molecule has 0 unspecified atom stereocenters. The van der Waals surface area contributed by atoms with E-state index in [-0.39, 0.29) is 17.6 Å². The lowest BCUT2D eigenvalue weighted by atomic mass is 9.98. The molecule has 144 valence electrons. The monoisotopic (exact) mass is 379 g/mol. The number of nitrogens with zero attached hydrogens (tertiary/aromatic N) is 2. The summed E-state index contributed by atoms with van der Waals surface area (Å²) in [4.78, 5) is 16.6. The molecule has 1 N–H and O–H groups in total. The average molecular weight is 380 g/mol. The molecule has 1 aromatic rings. The van der Waals surface area contributed by atoms with E-state index in [1.54, 1.807) is 0 Å². The number of nitrogens with one attached hydrogen (secondary N) is 1. The van der Waals surface area contributed by atoms with Gasteiger partial charge in [-0.15, -0.1) is 0 Å². The van der Waals surface area contributed by atoms with Crippen LogP contribution in [0.5, 0.6) is 0 Å². The van der Waals surface area contributed by atoms with E-state index in [1.807, 2.05) is 35.2 Å². The van der Waals surface area contributed by atoms with Crippen LogP contribution in [0.4, 0.5) is 0 Å². The largest absolute Gasteiger partial charge is 0.341 e. The van der Waals surface area contributed by atoms with E-state index in [0.29, 0.717) is 19.6 Å². The Balaban J connectivity index is 1.46. The maximum Gasteiger partial charge on any atom is 0.236 e. The molecule has 0 spiro atoms. The van der Waals surface area contributed by atoms with E-state index in [2.05, 4.69) is 9.62 Å². The molecular weight excluding hydrogens is 350 g/mol. The Morgan fingerprint density at radius 3 is 2.54 bits per heavy atom. The van der Waals surface area contributed by atoms with Gasteiger partial charge in [-0.25, -0.2) is 13.1 Å². The molecule has 0 radical (unpaired) electrons. The molecule has 2 saturated heterocycles. The predicted molar refractivity (Wildman–Crippen MR) is 102 cm³/mol. The standard InChI is InChI=1S/C19H29N3O3S/c23-19(15-21-10-4-5-11-21)22-12-6-9-18(14-22)13-20-26(24,25)16-17-7-2-1-3-8-17/h1-3,7-8,18,20H,4-6,9-16H2/t18-/m0/s1. The van der Waals surface area contributed by atoms with E-state index in [0.717, 1.165) is 38.0 Å². The maximum absolute atomic E-state index is 12.5. The first-order valence-corrected chi connectivity index (χ1v) is 11.2. The number of piperidine rings is 1. The number of likely N-dealkylation sites (tertiary alicyclic amines) is 2. The van der Waals surface area contributed by atoms with Gasteiger partial charge in [0.1, 0.15) is 0 Å². The second-order valence-electron chi connectivity index (χ2n) is 7.42.